The van der Waals surface area contributed by atoms with E-state index in [2.05, 4.69) is 17.6 Å². The Morgan fingerprint density at radius 2 is 1.64 bits per heavy atom. The molecule has 7 nitrogen and oxygen atoms in total. The van der Waals surface area contributed by atoms with E-state index in [9.17, 15) is 14.4 Å². The first-order valence-electron chi connectivity index (χ1n) is 13.5. The van der Waals surface area contributed by atoms with Gasteiger partial charge in [-0.15, -0.1) is 0 Å². The number of carbonyl (C=O) groups excluding carboxylic acids is 3. The molecule has 2 aliphatic carbocycles. The number of nitrogens with zero attached hydrogens (tertiary/aromatic N) is 2. The predicted octanol–water partition coefficient (Wildman–Crippen LogP) is 4.06. The first kappa shape index (κ1) is 25.8. The van der Waals surface area contributed by atoms with Crippen molar-refractivity contribution in [2.45, 2.75) is 116 Å². The van der Waals surface area contributed by atoms with Crippen LogP contribution in [0.3, 0.4) is 0 Å². The second-order valence-corrected chi connectivity index (χ2v) is 10.7. The quantitative estimate of drug-likeness (QED) is 0.571. The molecule has 2 saturated carbocycles. The first-order chi connectivity index (χ1) is 15.9. The van der Waals surface area contributed by atoms with Gasteiger partial charge in [0.2, 0.25) is 11.8 Å². The number of rotatable bonds is 8. The summed E-state index contributed by atoms with van der Waals surface area (Å²) < 4.78 is 0. The summed E-state index contributed by atoms with van der Waals surface area (Å²) in [7, 11) is 0. The summed E-state index contributed by atoms with van der Waals surface area (Å²) in [5.74, 6) is 0.745. The lowest BCUT2D eigenvalue weighted by Crippen LogP contribution is -2.61. The fourth-order valence-electron chi connectivity index (χ4n) is 5.72. The van der Waals surface area contributed by atoms with E-state index in [4.69, 9.17) is 0 Å². The minimum Gasteiger partial charge on any atom is -0.344 e. The number of carbonyl (C=O) groups is 3. The van der Waals surface area contributed by atoms with Crippen LogP contribution < -0.4 is 10.6 Å². The molecule has 3 rings (SSSR count). The topological polar surface area (TPSA) is 81.8 Å². The van der Waals surface area contributed by atoms with Crippen molar-refractivity contribution in [3.05, 3.63) is 0 Å². The molecule has 1 saturated heterocycles. The van der Waals surface area contributed by atoms with E-state index in [1.54, 1.807) is 0 Å². The van der Waals surface area contributed by atoms with Crippen LogP contribution in [0.1, 0.15) is 97.8 Å². The Morgan fingerprint density at radius 1 is 0.970 bits per heavy atom. The fraction of sp³-hybridized carbons (Fsp3) is 0.885. The summed E-state index contributed by atoms with van der Waals surface area (Å²) in [5.41, 5.74) is 0. The van der Waals surface area contributed by atoms with Crippen LogP contribution in [0.2, 0.25) is 0 Å². The molecule has 3 unspecified atom stereocenters. The van der Waals surface area contributed by atoms with Crippen molar-refractivity contribution in [1.82, 2.24) is 20.4 Å². The summed E-state index contributed by atoms with van der Waals surface area (Å²) in [5, 5.41) is 6.27. The Kier molecular flexibility index (Phi) is 9.87. The van der Waals surface area contributed by atoms with Crippen LogP contribution in [-0.4, -0.2) is 65.4 Å². The van der Waals surface area contributed by atoms with Crippen LogP contribution in [0.15, 0.2) is 0 Å². The molecule has 0 aromatic heterocycles. The largest absolute Gasteiger partial charge is 0.344 e. The lowest BCUT2D eigenvalue weighted by Gasteiger charge is -2.42. The molecule has 1 aliphatic heterocycles. The van der Waals surface area contributed by atoms with Gasteiger partial charge in [-0.05, 0) is 38.0 Å². The number of urea groups is 1. The number of nitrogens with one attached hydrogen (secondary N) is 2. The molecule has 3 fully saturated rings. The van der Waals surface area contributed by atoms with Crippen molar-refractivity contribution >= 4 is 17.8 Å². The SMILES string of the molecule is CCC(C)C(NC(=O)CCC1CCCC1)C(=O)N1CCN(C(=O)NC2CCCCC2)C(C)C1. The van der Waals surface area contributed by atoms with Gasteiger partial charge in [-0.25, -0.2) is 4.79 Å². The Morgan fingerprint density at radius 3 is 2.27 bits per heavy atom. The van der Waals surface area contributed by atoms with Crippen molar-refractivity contribution in [2.24, 2.45) is 11.8 Å². The second kappa shape index (κ2) is 12.6. The molecule has 33 heavy (non-hydrogen) atoms. The standard InChI is InChI=1S/C26H46N4O3/c1-4-19(2)24(28-23(31)15-14-21-10-8-9-11-21)25(32)29-16-17-30(20(3)18-29)26(33)27-22-12-6-5-7-13-22/h19-22,24H,4-18H2,1-3H3,(H,27,33)(H,28,31). The van der Waals surface area contributed by atoms with E-state index in [-0.39, 0.29) is 35.8 Å². The van der Waals surface area contributed by atoms with E-state index in [1.165, 1.54) is 44.9 Å². The number of amides is 4. The van der Waals surface area contributed by atoms with E-state index in [0.29, 0.717) is 32.0 Å². The lowest BCUT2D eigenvalue weighted by molar-refractivity contribution is -0.140. The third kappa shape index (κ3) is 7.35. The highest BCUT2D eigenvalue weighted by molar-refractivity contribution is 5.88. The normalized spacial score (nSPS) is 24.4. The van der Waals surface area contributed by atoms with Crippen LogP contribution in [0.5, 0.6) is 0 Å². The zero-order chi connectivity index (χ0) is 23.8. The molecule has 7 heteroatoms. The van der Waals surface area contributed by atoms with E-state index in [0.717, 1.165) is 25.7 Å². The predicted molar refractivity (Wildman–Crippen MR) is 131 cm³/mol. The van der Waals surface area contributed by atoms with Gasteiger partial charge in [-0.1, -0.05) is 65.2 Å². The van der Waals surface area contributed by atoms with Crippen LogP contribution in [0.25, 0.3) is 0 Å². The van der Waals surface area contributed by atoms with Crippen molar-refractivity contribution in [1.29, 1.82) is 0 Å². The van der Waals surface area contributed by atoms with Gasteiger partial charge < -0.3 is 20.4 Å². The van der Waals surface area contributed by atoms with Crippen molar-refractivity contribution in [3.63, 3.8) is 0 Å². The van der Waals surface area contributed by atoms with Gasteiger partial charge in [0.05, 0.1) is 0 Å². The first-order valence-corrected chi connectivity index (χ1v) is 13.5. The lowest BCUT2D eigenvalue weighted by atomic mass is 9.95. The fourth-order valence-corrected chi connectivity index (χ4v) is 5.72. The van der Waals surface area contributed by atoms with Gasteiger partial charge >= 0.3 is 6.03 Å². The minimum atomic E-state index is -0.485. The maximum atomic E-state index is 13.4. The van der Waals surface area contributed by atoms with Gasteiger partial charge in [0.1, 0.15) is 6.04 Å². The molecular weight excluding hydrogens is 416 g/mol. The Labute approximate surface area is 200 Å². The third-order valence-electron chi connectivity index (χ3n) is 8.18. The molecule has 1 heterocycles. The smallest absolute Gasteiger partial charge is 0.317 e. The number of hydrogen-bond acceptors (Lipinski definition) is 3. The zero-order valence-corrected chi connectivity index (χ0v) is 21.1. The minimum absolute atomic E-state index is 0.000177. The second-order valence-electron chi connectivity index (χ2n) is 10.7. The van der Waals surface area contributed by atoms with Gasteiger partial charge in [-0.3, -0.25) is 9.59 Å². The number of piperazine rings is 1. The van der Waals surface area contributed by atoms with Crippen molar-refractivity contribution in [2.75, 3.05) is 19.6 Å². The summed E-state index contributed by atoms with van der Waals surface area (Å²) >= 11 is 0. The Balaban J connectivity index is 1.51. The summed E-state index contributed by atoms with van der Waals surface area (Å²) in [6.07, 6.45) is 13.1. The number of hydrogen-bond donors (Lipinski definition) is 2. The van der Waals surface area contributed by atoms with Gasteiger partial charge in [-0.2, -0.15) is 0 Å². The molecular formula is C26H46N4O3. The Hall–Kier alpha value is -1.79. The molecule has 2 N–H and O–H groups in total. The summed E-state index contributed by atoms with van der Waals surface area (Å²) in [4.78, 5) is 42.6. The van der Waals surface area contributed by atoms with E-state index >= 15 is 0 Å². The zero-order valence-electron chi connectivity index (χ0n) is 21.1. The van der Waals surface area contributed by atoms with E-state index in [1.807, 2.05) is 23.6 Å². The monoisotopic (exact) mass is 462 g/mol. The summed E-state index contributed by atoms with van der Waals surface area (Å²) in [6, 6.07) is -0.240. The highest BCUT2D eigenvalue weighted by atomic mass is 16.2. The molecule has 0 bridgehead atoms. The van der Waals surface area contributed by atoms with Gasteiger partial charge in [0, 0.05) is 38.1 Å². The van der Waals surface area contributed by atoms with Crippen LogP contribution >= 0.6 is 0 Å². The highest BCUT2D eigenvalue weighted by Gasteiger charge is 2.35. The average molecular weight is 463 g/mol. The molecule has 4 amide bonds. The van der Waals surface area contributed by atoms with Gasteiger partial charge in [0.25, 0.3) is 0 Å². The van der Waals surface area contributed by atoms with Crippen molar-refractivity contribution < 1.29 is 14.4 Å². The maximum absolute atomic E-state index is 13.4. The average Bonchev–Trinajstić information content (AvgIpc) is 3.34. The Bertz CT molecular complexity index is 658. The van der Waals surface area contributed by atoms with Gasteiger partial charge in [0.15, 0.2) is 0 Å². The molecule has 0 radical (unpaired) electrons. The molecule has 188 valence electrons. The van der Waals surface area contributed by atoms with Crippen molar-refractivity contribution in [3.8, 4) is 0 Å². The van der Waals surface area contributed by atoms with E-state index < -0.39 is 6.04 Å². The molecule has 3 atom stereocenters. The third-order valence-corrected chi connectivity index (χ3v) is 8.18. The molecule has 0 aromatic carbocycles. The van der Waals surface area contributed by atoms with Crippen LogP contribution in [0, 0.1) is 11.8 Å². The summed E-state index contributed by atoms with van der Waals surface area (Å²) in [6.45, 7) is 7.68. The molecule has 0 spiro atoms. The molecule has 3 aliphatic rings. The molecule has 0 aromatic rings. The van der Waals surface area contributed by atoms with Crippen LogP contribution in [0.4, 0.5) is 4.79 Å². The highest BCUT2D eigenvalue weighted by Crippen LogP contribution is 2.28. The maximum Gasteiger partial charge on any atom is 0.317 e. The van der Waals surface area contributed by atoms with Crippen LogP contribution in [-0.2, 0) is 9.59 Å².